The van der Waals surface area contributed by atoms with Crippen LogP contribution in [0.2, 0.25) is 0 Å². The summed E-state index contributed by atoms with van der Waals surface area (Å²) in [5, 5.41) is 0. The van der Waals surface area contributed by atoms with Gasteiger partial charge in [0.25, 0.3) is 0 Å². The second kappa shape index (κ2) is 5.46. The molecule has 4 nitrogen and oxygen atoms in total. The van der Waals surface area contributed by atoms with E-state index in [0.29, 0.717) is 12.5 Å². The summed E-state index contributed by atoms with van der Waals surface area (Å²) in [6.07, 6.45) is 1.01. The number of halogens is 1. The molecule has 1 aromatic rings. The van der Waals surface area contributed by atoms with Crippen LogP contribution in [0.1, 0.15) is 6.42 Å². The summed E-state index contributed by atoms with van der Waals surface area (Å²) in [6, 6.07) is 3.32. The van der Waals surface area contributed by atoms with E-state index in [-0.39, 0.29) is 10.6 Å². The van der Waals surface area contributed by atoms with E-state index in [1.54, 1.807) is 0 Å². The maximum Gasteiger partial charge on any atom is 0.240 e. The molecule has 1 aliphatic rings. The molecule has 0 aromatic heterocycles. The molecule has 0 saturated carbocycles. The Morgan fingerprint density at radius 2 is 2.22 bits per heavy atom. The van der Waals surface area contributed by atoms with Gasteiger partial charge in [0.05, 0.1) is 4.90 Å². The normalized spacial score (nSPS) is 20.2. The molecule has 3 N–H and O–H groups in total. The molecular formula is C11H15FN2O2S2. The lowest BCUT2D eigenvalue weighted by molar-refractivity contribution is 0.544. The first kappa shape index (κ1) is 13.6. The Kier molecular flexibility index (Phi) is 4.14. The molecule has 0 aliphatic carbocycles. The molecule has 18 heavy (non-hydrogen) atoms. The van der Waals surface area contributed by atoms with Gasteiger partial charge in [0, 0.05) is 12.2 Å². The van der Waals surface area contributed by atoms with E-state index >= 15 is 0 Å². The van der Waals surface area contributed by atoms with E-state index in [1.807, 2.05) is 11.8 Å². The second-order valence-corrected chi connectivity index (χ2v) is 7.22. The molecule has 1 atom stereocenters. The van der Waals surface area contributed by atoms with Gasteiger partial charge in [0.2, 0.25) is 10.0 Å². The summed E-state index contributed by atoms with van der Waals surface area (Å²) < 4.78 is 39.5. The van der Waals surface area contributed by atoms with Crippen molar-refractivity contribution in [3.8, 4) is 0 Å². The number of nitrogens with two attached hydrogens (primary N) is 1. The molecule has 1 aliphatic heterocycles. The number of thioether (sulfide) groups is 1. The fourth-order valence-corrected chi connectivity index (χ4v) is 4.26. The van der Waals surface area contributed by atoms with Crippen LogP contribution in [0.25, 0.3) is 0 Å². The molecule has 1 aromatic carbocycles. The maximum absolute atomic E-state index is 13.1. The molecule has 1 unspecified atom stereocenters. The van der Waals surface area contributed by atoms with Gasteiger partial charge in [-0.1, -0.05) is 0 Å². The molecule has 7 heteroatoms. The summed E-state index contributed by atoms with van der Waals surface area (Å²) in [6.45, 7) is 0.395. The minimum atomic E-state index is -3.67. The van der Waals surface area contributed by atoms with Crippen molar-refractivity contribution in [2.24, 2.45) is 5.92 Å². The van der Waals surface area contributed by atoms with Crippen molar-refractivity contribution in [1.82, 2.24) is 4.72 Å². The van der Waals surface area contributed by atoms with E-state index in [9.17, 15) is 12.8 Å². The van der Waals surface area contributed by atoms with Gasteiger partial charge >= 0.3 is 0 Å². The monoisotopic (exact) mass is 290 g/mol. The van der Waals surface area contributed by atoms with Crippen LogP contribution in [0.3, 0.4) is 0 Å². The number of hydrogen-bond acceptors (Lipinski definition) is 4. The van der Waals surface area contributed by atoms with E-state index in [1.165, 1.54) is 6.07 Å². The van der Waals surface area contributed by atoms with Crippen molar-refractivity contribution >= 4 is 27.5 Å². The van der Waals surface area contributed by atoms with E-state index in [4.69, 9.17) is 5.73 Å². The number of anilines is 1. The quantitative estimate of drug-likeness (QED) is 0.823. The van der Waals surface area contributed by atoms with Crippen LogP contribution in [0.5, 0.6) is 0 Å². The molecule has 100 valence electrons. The van der Waals surface area contributed by atoms with Crippen molar-refractivity contribution in [3.63, 3.8) is 0 Å². The molecular weight excluding hydrogens is 275 g/mol. The molecule has 2 rings (SSSR count). The highest BCUT2D eigenvalue weighted by atomic mass is 32.2. The molecule has 0 spiro atoms. The number of nitrogen functional groups attached to an aromatic ring is 1. The Bertz CT molecular complexity index is 508. The fourth-order valence-electron chi connectivity index (χ4n) is 1.79. The van der Waals surface area contributed by atoms with Crippen molar-refractivity contribution in [2.45, 2.75) is 11.3 Å². The zero-order chi connectivity index (χ0) is 13.2. The Morgan fingerprint density at radius 1 is 1.44 bits per heavy atom. The minimum absolute atomic E-state index is 0.104. The molecule has 1 fully saturated rings. The number of sulfonamides is 1. The smallest absolute Gasteiger partial charge is 0.240 e. The summed E-state index contributed by atoms with van der Waals surface area (Å²) >= 11 is 1.82. The van der Waals surface area contributed by atoms with Gasteiger partial charge in [0.15, 0.2) is 0 Å². The summed E-state index contributed by atoms with van der Waals surface area (Å²) in [5.74, 6) is 1.75. The lowest BCUT2D eigenvalue weighted by Gasteiger charge is -2.11. The van der Waals surface area contributed by atoms with E-state index < -0.39 is 15.8 Å². The summed E-state index contributed by atoms with van der Waals surface area (Å²) in [4.78, 5) is -0.120. The lowest BCUT2D eigenvalue weighted by atomic mass is 10.1. The topological polar surface area (TPSA) is 72.2 Å². The third-order valence-electron chi connectivity index (χ3n) is 2.79. The van der Waals surface area contributed by atoms with Crippen molar-refractivity contribution in [2.75, 3.05) is 23.8 Å². The van der Waals surface area contributed by atoms with Crippen LogP contribution in [-0.2, 0) is 10.0 Å². The van der Waals surface area contributed by atoms with E-state index in [0.717, 1.165) is 30.1 Å². The molecule has 0 radical (unpaired) electrons. The Morgan fingerprint density at radius 3 is 2.83 bits per heavy atom. The average molecular weight is 290 g/mol. The number of nitrogens with one attached hydrogen (secondary N) is 1. The number of benzene rings is 1. The zero-order valence-electron chi connectivity index (χ0n) is 9.73. The van der Waals surface area contributed by atoms with Gasteiger partial charge in [0.1, 0.15) is 5.82 Å². The van der Waals surface area contributed by atoms with Gasteiger partial charge in [-0.3, -0.25) is 0 Å². The molecule has 1 saturated heterocycles. The highest BCUT2D eigenvalue weighted by Gasteiger charge is 2.20. The predicted octanol–water partition coefficient (Wildman–Crippen LogP) is 1.44. The average Bonchev–Trinajstić information content (AvgIpc) is 2.78. The maximum atomic E-state index is 13.1. The first-order valence-electron chi connectivity index (χ1n) is 5.61. The van der Waals surface area contributed by atoms with Gasteiger partial charge in [-0.2, -0.15) is 11.8 Å². The SMILES string of the molecule is Nc1cc(F)cc(S(=O)(=O)NCC2CCSC2)c1. The first-order valence-corrected chi connectivity index (χ1v) is 8.24. The molecule has 1 heterocycles. The van der Waals surface area contributed by atoms with Crippen LogP contribution in [0.15, 0.2) is 23.1 Å². The highest BCUT2D eigenvalue weighted by Crippen LogP contribution is 2.23. The van der Waals surface area contributed by atoms with Gasteiger partial charge in [-0.05, 0) is 42.0 Å². The third kappa shape index (κ3) is 3.37. The van der Waals surface area contributed by atoms with Crippen LogP contribution in [0.4, 0.5) is 10.1 Å². The Hall–Kier alpha value is -0.790. The fraction of sp³-hybridized carbons (Fsp3) is 0.455. The summed E-state index contributed by atoms with van der Waals surface area (Å²) in [5.41, 5.74) is 5.54. The van der Waals surface area contributed by atoms with Crippen LogP contribution < -0.4 is 10.5 Å². The second-order valence-electron chi connectivity index (χ2n) is 4.30. The minimum Gasteiger partial charge on any atom is -0.399 e. The Labute approximate surface area is 110 Å². The van der Waals surface area contributed by atoms with Gasteiger partial charge in [-0.15, -0.1) is 0 Å². The largest absolute Gasteiger partial charge is 0.399 e. The number of hydrogen-bond donors (Lipinski definition) is 2. The highest BCUT2D eigenvalue weighted by molar-refractivity contribution is 7.99. The van der Waals surface area contributed by atoms with Gasteiger partial charge < -0.3 is 5.73 Å². The van der Waals surface area contributed by atoms with Crippen LogP contribution >= 0.6 is 11.8 Å². The lowest BCUT2D eigenvalue weighted by Crippen LogP contribution is -2.29. The predicted molar refractivity (Wildman–Crippen MR) is 71.4 cm³/mol. The summed E-state index contributed by atoms with van der Waals surface area (Å²) in [7, 11) is -3.67. The molecule has 0 amide bonds. The van der Waals surface area contributed by atoms with Crippen LogP contribution in [0, 0.1) is 11.7 Å². The first-order chi connectivity index (χ1) is 8.47. The molecule has 0 bridgehead atoms. The van der Waals surface area contributed by atoms with E-state index in [2.05, 4.69) is 4.72 Å². The third-order valence-corrected chi connectivity index (χ3v) is 5.42. The standard InChI is InChI=1S/C11H15FN2O2S2/c12-9-3-10(13)5-11(4-9)18(15,16)14-6-8-1-2-17-7-8/h3-5,8,14H,1-2,6-7,13H2. The Balaban J connectivity index is 2.09. The number of rotatable bonds is 4. The van der Waals surface area contributed by atoms with Crippen LogP contribution in [-0.4, -0.2) is 26.5 Å². The van der Waals surface area contributed by atoms with Crippen molar-refractivity contribution < 1.29 is 12.8 Å². The van der Waals surface area contributed by atoms with Crippen molar-refractivity contribution in [1.29, 1.82) is 0 Å². The van der Waals surface area contributed by atoms with Crippen molar-refractivity contribution in [3.05, 3.63) is 24.0 Å². The zero-order valence-corrected chi connectivity index (χ0v) is 11.4. The van der Waals surface area contributed by atoms with Gasteiger partial charge in [-0.25, -0.2) is 17.5 Å².